The summed E-state index contributed by atoms with van der Waals surface area (Å²) in [4.78, 5) is 0.346. The largest absolute Gasteiger partial charge is 0.494 e. The molecule has 0 unspecified atom stereocenters. The molecule has 1 aromatic rings. The van der Waals surface area contributed by atoms with E-state index in [1.807, 2.05) is 0 Å². The first-order chi connectivity index (χ1) is 7.63. The van der Waals surface area contributed by atoms with Gasteiger partial charge in [0.25, 0.3) is 0 Å². The quantitative estimate of drug-likeness (QED) is 0.801. The van der Waals surface area contributed by atoms with Gasteiger partial charge in [-0.25, -0.2) is 8.42 Å². The molecule has 16 heavy (non-hydrogen) atoms. The van der Waals surface area contributed by atoms with Crippen molar-refractivity contribution in [2.45, 2.75) is 11.3 Å². The molecule has 4 nitrogen and oxygen atoms in total. The van der Waals surface area contributed by atoms with Crippen molar-refractivity contribution < 1.29 is 13.2 Å². The predicted molar refractivity (Wildman–Crippen MR) is 61.8 cm³/mol. The van der Waals surface area contributed by atoms with E-state index in [9.17, 15) is 8.42 Å². The fourth-order valence-electron chi connectivity index (χ4n) is 1.52. The minimum Gasteiger partial charge on any atom is -0.494 e. The van der Waals surface area contributed by atoms with Gasteiger partial charge in [0.05, 0.1) is 11.5 Å². The molecule has 0 bridgehead atoms. The number of sulfone groups is 1. The molecule has 0 saturated heterocycles. The molecule has 1 aliphatic heterocycles. The number of rotatable bonds is 4. The van der Waals surface area contributed by atoms with Crippen molar-refractivity contribution in [1.82, 2.24) is 0 Å². The first kappa shape index (κ1) is 11.2. The fraction of sp³-hybridized carbons (Fsp3) is 0.273. The van der Waals surface area contributed by atoms with Gasteiger partial charge in [-0.2, -0.15) is 0 Å². The van der Waals surface area contributed by atoms with Gasteiger partial charge in [-0.1, -0.05) is 0 Å². The highest BCUT2D eigenvalue weighted by Crippen LogP contribution is 2.29. The molecule has 0 atom stereocenters. The molecule has 2 N–H and O–H groups in total. The molecule has 0 fully saturated rings. The van der Waals surface area contributed by atoms with Crippen LogP contribution < -0.4 is 10.5 Å². The molecular formula is C11H13NO3S. The van der Waals surface area contributed by atoms with Crippen LogP contribution in [0.25, 0.3) is 6.08 Å². The highest BCUT2D eigenvalue weighted by molar-refractivity contribution is 7.94. The molecule has 0 aliphatic carbocycles. The lowest BCUT2D eigenvalue weighted by atomic mass is 10.2. The molecule has 1 aromatic carbocycles. The fourth-order valence-corrected chi connectivity index (χ4v) is 2.70. The Morgan fingerprint density at radius 1 is 1.31 bits per heavy atom. The summed E-state index contributed by atoms with van der Waals surface area (Å²) in [5, 5.41) is 1.21. The smallest absolute Gasteiger partial charge is 0.200 e. The van der Waals surface area contributed by atoms with Crippen molar-refractivity contribution in [3.63, 3.8) is 0 Å². The van der Waals surface area contributed by atoms with Crippen LogP contribution in [0.1, 0.15) is 12.0 Å². The molecule has 5 heteroatoms. The van der Waals surface area contributed by atoms with Crippen LogP contribution in [0, 0.1) is 0 Å². The van der Waals surface area contributed by atoms with E-state index < -0.39 is 9.84 Å². The van der Waals surface area contributed by atoms with Gasteiger partial charge in [-0.05, 0) is 42.8 Å². The van der Waals surface area contributed by atoms with Crippen LogP contribution in [0.5, 0.6) is 5.75 Å². The Bertz CT molecular complexity index is 520. The summed E-state index contributed by atoms with van der Waals surface area (Å²) in [6.45, 7) is 1.13. The van der Waals surface area contributed by atoms with Crippen LogP contribution in [-0.2, 0) is 9.84 Å². The summed E-state index contributed by atoms with van der Waals surface area (Å²) in [5.41, 5.74) is 6.03. The Hall–Kier alpha value is -1.33. The van der Waals surface area contributed by atoms with Crippen molar-refractivity contribution in [3.05, 3.63) is 29.2 Å². The third-order valence-electron chi connectivity index (χ3n) is 2.33. The van der Waals surface area contributed by atoms with Gasteiger partial charge in [-0.15, -0.1) is 0 Å². The maximum absolute atomic E-state index is 11.5. The van der Waals surface area contributed by atoms with E-state index in [0.717, 1.165) is 6.42 Å². The van der Waals surface area contributed by atoms with E-state index in [1.165, 1.54) is 5.41 Å². The lowest BCUT2D eigenvalue weighted by Gasteiger charge is -2.06. The number of hydrogen-bond acceptors (Lipinski definition) is 4. The van der Waals surface area contributed by atoms with Crippen molar-refractivity contribution in [1.29, 1.82) is 0 Å². The van der Waals surface area contributed by atoms with E-state index in [1.54, 1.807) is 24.3 Å². The van der Waals surface area contributed by atoms with E-state index in [4.69, 9.17) is 10.5 Å². The zero-order chi connectivity index (χ0) is 11.6. The van der Waals surface area contributed by atoms with E-state index in [-0.39, 0.29) is 0 Å². The summed E-state index contributed by atoms with van der Waals surface area (Å²) >= 11 is 0. The Labute approximate surface area is 94.6 Å². The maximum atomic E-state index is 11.5. The zero-order valence-corrected chi connectivity index (χ0v) is 9.53. The SMILES string of the molecule is NCCCOc1ccc2c(c1)C=CS2(=O)=O. The second-order valence-corrected chi connectivity index (χ2v) is 5.34. The highest BCUT2D eigenvalue weighted by Gasteiger charge is 2.20. The third-order valence-corrected chi connectivity index (χ3v) is 3.81. The highest BCUT2D eigenvalue weighted by atomic mass is 32.2. The van der Waals surface area contributed by atoms with Gasteiger partial charge in [0.15, 0.2) is 9.84 Å². The molecular weight excluding hydrogens is 226 g/mol. The molecule has 0 radical (unpaired) electrons. The average molecular weight is 239 g/mol. The number of benzene rings is 1. The van der Waals surface area contributed by atoms with Crippen LogP contribution in [0.2, 0.25) is 0 Å². The molecule has 0 spiro atoms. The average Bonchev–Trinajstić information content (AvgIpc) is 2.55. The first-order valence-corrected chi connectivity index (χ1v) is 6.58. The Morgan fingerprint density at radius 3 is 2.88 bits per heavy atom. The Balaban J connectivity index is 2.19. The topological polar surface area (TPSA) is 69.4 Å². The third kappa shape index (κ3) is 2.10. The number of fused-ring (bicyclic) bond motifs is 1. The Morgan fingerprint density at radius 2 is 2.12 bits per heavy atom. The second kappa shape index (κ2) is 4.27. The summed E-state index contributed by atoms with van der Waals surface area (Å²) in [6, 6.07) is 4.97. The zero-order valence-electron chi connectivity index (χ0n) is 8.72. The van der Waals surface area contributed by atoms with Gasteiger partial charge in [0, 0.05) is 5.41 Å². The van der Waals surface area contributed by atoms with Crippen LogP contribution in [-0.4, -0.2) is 21.6 Å². The normalized spacial score (nSPS) is 16.1. The molecule has 1 aliphatic rings. The minimum atomic E-state index is -3.20. The standard InChI is InChI=1S/C11H13NO3S/c12-5-1-6-15-10-2-3-11-9(8-10)4-7-16(11,13)14/h2-4,7-8H,1,5-6,12H2. The van der Waals surface area contributed by atoms with Crippen LogP contribution in [0.3, 0.4) is 0 Å². The van der Waals surface area contributed by atoms with Gasteiger partial charge in [0.1, 0.15) is 5.75 Å². The summed E-state index contributed by atoms with van der Waals surface area (Å²) in [7, 11) is -3.20. The van der Waals surface area contributed by atoms with Gasteiger partial charge >= 0.3 is 0 Å². The van der Waals surface area contributed by atoms with Crippen molar-refractivity contribution in [3.8, 4) is 5.75 Å². The number of ether oxygens (including phenoxy) is 1. The second-order valence-electron chi connectivity index (χ2n) is 3.54. The molecule has 0 aromatic heterocycles. The monoisotopic (exact) mass is 239 g/mol. The van der Waals surface area contributed by atoms with Gasteiger partial charge < -0.3 is 10.5 Å². The first-order valence-electron chi connectivity index (χ1n) is 5.03. The molecule has 0 amide bonds. The number of nitrogens with two attached hydrogens (primary N) is 1. The van der Waals surface area contributed by atoms with Crippen molar-refractivity contribution in [2.75, 3.05) is 13.2 Å². The van der Waals surface area contributed by atoms with Crippen LogP contribution in [0.4, 0.5) is 0 Å². The van der Waals surface area contributed by atoms with Crippen molar-refractivity contribution >= 4 is 15.9 Å². The molecule has 2 rings (SSSR count). The predicted octanol–water partition coefficient (Wildman–Crippen LogP) is 1.17. The van der Waals surface area contributed by atoms with Gasteiger partial charge in [0.2, 0.25) is 0 Å². The Kier molecular flexibility index (Phi) is 2.98. The van der Waals surface area contributed by atoms with Crippen LogP contribution in [0.15, 0.2) is 28.5 Å². The molecule has 1 heterocycles. The summed E-state index contributed by atoms with van der Waals surface area (Å²) in [5.74, 6) is 0.675. The summed E-state index contributed by atoms with van der Waals surface area (Å²) in [6.07, 6.45) is 2.37. The maximum Gasteiger partial charge on any atom is 0.200 e. The molecule has 86 valence electrons. The van der Waals surface area contributed by atoms with E-state index in [2.05, 4.69) is 0 Å². The number of hydrogen-bond donors (Lipinski definition) is 1. The van der Waals surface area contributed by atoms with Crippen molar-refractivity contribution in [2.24, 2.45) is 5.73 Å². The summed E-state index contributed by atoms with van der Waals surface area (Å²) < 4.78 is 28.4. The van der Waals surface area contributed by atoms with E-state index >= 15 is 0 Å². The lowest BCUT2D eigenvalue weighted by molar-refractivity contribution is 0.313. The van der Waals surface area contributed by atoms with Gasteiger partial charge in [-0.3, -0.25) is 0 Å². The lowest BCUT2D eigenvalue weighted by Crippen LogP contribution is -2.06. The molecule has 0 saturated carbocycles. The minimum absolute atomic E-state index is 0.346. The van der Waals surface area contributed by atoms with E-state index in [0.29, 0.717) is 29.4 Å². The van der Waals surface area contributed by atoms with Crippen LogP contribution >= 0.6 is 0 Å².